The Bertz CT molecular complexity index is 130. The summed E-state index contributed by atoms with van der Waals surface area (Å²) in [5, 5.41) is 1.94. The summed E-state index contributed by atoms with van der Waals surface area (Å²) in [6.45, 7) is -0.938. The average Bonchev–Trinajstić information content (AvgIpc) is 2.10. The number of carbonyl (C=O) groups is 1. The Labute approximate surface area is 50.0 Å². The Morgan fingerprint density at radius 1 is 1.78 bits per heavy atom. The number of carbonyl (C=O) groups excluding carboxylic acids is 1. The van der Waals surface area contributed by atoms with Gasteiger partial charge in [-0.3, -0.25) is 0 Å². The van der Waals surface area contributed by atoms with Crippen molar-refractivity contribution in [3.63, 3.8) is 0 Å². The first-order chi connectivity index (χ1) is 4.24. The number of rotatable bonds is 1. The topological polar surface area (TPSA) is 38.3 Å². The lowest BCUT2D eigenvalue weighted by molar-refractivity contribution is 0.0336. The molecule has 1 rings (SSSR count). The van der Waals surface area contributed by atoms with Crippen molar-refractivity contribution in [2.75, 3.05) is 6.67 Å². The minimum absolute atomic E-state index is 0.898. The van der Waals surface area contributed by atoms with Gasteiger partial charge in [0.15, 0.2) is 0 Å². The van der Waals surface area contributed by atoms with E-state index in [1.807, 2.05) is 5.32 Å². The monoisotopic (exact) mass is 137 g/mol. The van der Waals surface area contributed by atoms with E-state index >= 15 is 0 Å². The first-order valence-electron chi connectivity index (χ1n) is 2.41. The summed E-state index contributed by atoms with van der Waals surface area (Å²) in [7, 11) is 0. The lowest BCUT2D eigenvalue weighted by Crippen LogP contribution is -2.31. The van der Waals surface area contributed by atoms with E-state index in [1.54, 1.807) is 0 Å². The van der Waals surface area contributed by atoms with E-state index in [0.29, 0.717) is 0 Å². The number of alkyl halides is 2. The van der Waals surface area contributed by atoms with Crippen LogP contribution in [-0.2, 0) is 4.74 Å². The minimum Gasteiger partial charge on any atom is -0.413 e. The van der Waals surface area contributed by atoms with Gasteiger partial charge in [-0.05, 0) is 0 Å². The minimum atomic E-state index is -1.83. The molecule has 0 aromatic carbocycles. The van der Waals surface area contributed by atoms with Crippen LogP contribution in [0.4, 0.5) is 13.6 Å². The van der Waals surface area contributed by atoms with Crippen molar-refractivity contribution in [2.24, 2.45) is 0 Å². The van der Waals surface area contributed by atoms with Crippen LogP contribution in [0.15, 0.2) is 0 Å². The van der Waals surface area contributed by atoms with Crippen molar-refractivity contribution < 1.29 is 18.3 Å². The van der Waals surface area contributed by atoms with E-state index in [4.69, 9.17) is 0 Å². The van der Waals surface area contributed by atoms with Crippen LogP contribution in [0.25, 0.3) is 0 Å². The molecule has 9 heavy (non-hydrogen) atoms. The van der Waals surface area contributed by atoms with E-state index < -0.39 is 25.2 Å². The Morgan fingerprint density at radius 3 is 2.67 bits per heavy atom. The van der Waals surface area contributed by atoms with Gasteiger partial charge in [0.05, 0.1) is 0 Å². The number of alkyl carbamates (subject to hydrolysis) is 1. The van der Waals surface area contributed by atoms with E-state index in [0.717, 1.165) is 0 Å². The molecule has 2 unspecified atom stereocenters. The van der Waals surface area contributed by atoms with Crippen molar-refractivity contribution in [3.8, 4) is 0 Å². The van der Waals surface area contributed by atoms with Crippen LogP contribution in [0.2, 0.25) is 0 Å². The molecule has 0 spiro atoms. The van der Waals surface area contributed by atoms with Crippen molar-refractivity contribution in [3.05, 3.63) is 0 Å². The molecule has 52 valence electrons. The smallest absolute Gasteiger partial charge is 0.410 e. The lowest BCUT2D eigenvalue weighted by Gasteiger charge is -2.01. The van der Waals surface area contributed by atoms with E-state index in [1.165, 1.54) is 0 Å². The normalized spacial score (nSPS) is 33.8. The molecule has 0 saturated carbocycles. The molecule has 1 fully saturated rings. The first-order valence-corrected chi connectivity index (χ1v) is 2.41. The maximum atomic E-state index is 12.1. The van der Waals surface area contributed by atoms with Crippen molar-refractivity contribution >= 4 is 6.09 Å². The fourth-order valence-corrected chi connectivity index (χ4v) is 0.544. The highest BCUT2D eigenvalue weighted by atomic mass is 19.2. The van der Waals surface area contributed by atoms with Crippen LogP contribution < -0.4 is 5.32 Å². The van der Waals surface area contributed by atoms with E-state index in [9.17, 15) is 13.6 Å². The highest BCUT2D eigenvalue weighted by Crippen LogP contribution is 2.09. The summed E-state index contributed by atoms with van der Waals surface area (Å²) in [5.74, 6) is 0. The molecule has 1 saturated heterocycles. The molecule has 5 heteroatoms. The zero-order valence-electron chi connectivity index (χ0n) is 4.43. The predicted octanol–water partition coefficient (Wildman–Crippen LogP) is 0.360. The molecule has 0 aliphatic carbocycles. The van der Waals surface area contributed by atoms with Crippen LogP contribution >= 0.6 is 0 Å². The fourth-order valence-electron chi connectivity index (χ4n) is 0.544. The van der Waals surface area contributed by atoms with Crippen LogP contribution in [0.5, 0.6) is 0 Å². The standard InChI is InChI=1S/C4H5F2NO2/c5-1-2-3(6)9-4(8)7-2/h2-3H,1H2,(H,7,8). The van der Waals surface area contributed by atoms with Gasteiger partial charge in [-0.25, -0.2) is 9.18 Å². The number of ether oxygens (including phenoxy) is 1. The summed E-state index contributed by atoms with van der Waals surface area (Å²) < 4.78 is 27.6. The van der Waals surface area contributed by atoms with Gasteiger partial charge < -0.3 is 10.1 Å². The molecule has 0 aromatic heterocycles. The molecule has 0 aromatic rings. The van der Waals surface area contributed by atoms with Crippen molar-refractivity contribution in [1.82, 2.24) is 5.32 Å². The number of amides is 1. The average molecular weight is 137 g/mol. The number of halogens is 2. The van der Waals surface area contributed by atoms with Gasteiger partial charge in [0.2, 0.25) is 0 Å². The fraction of sp³-hybridized carbons (Fsp3) is 0.750. The maximum Gasteiger partial charge on any atom is 0.410 e. The van der Waals surface area contributed by atoms with Gasteiger partial charge in [0, 0.05) is 0 Å². The van der Waals surface area contributed by atoms with Crippen LogP contribution in [0, 0.1) is 0 Å². The molecule has 1 amide bonds. The van der Waals surface area contributed by atoms with Gasteiger partial charge in [-0.2, -0.15) is 4.39 Å². The third-order valence-electron chi connectivity index (χ3n) is 1.01. The van der Waals surface area contributed by atoms with E-state index in [-0.39, 0.29) is 0 Å². The SMILES string of the molecule is O=C1NC(CF)C(F)O1. The summed E-state index contributed by atoms with van der Waals surface area (Å²) in [4.78, 5) is 10.1. The molecule has 1 aliphatic heterocycles. The summed E-state index contributed by atoms with van der Waals surface area (Å²) in [6.07, 6.45) is -2.73. The second-order valence-electron chi connectivity index (χ2n) is 1.66. The third-order valence-corrected chi connectivity index (χ3v) is 1.01. The predicted molar refractivity (Wildman–Crippen MR) is 24.3 cm³/mol. The molecule has 2 atom stereocenters. The molecule has 1 heterocycles. The van der Waals surface area contributed by atoms with Crippen LogP contribution in [-0.4, -0.2) is 25.2 Å². The van der Waals surface area contributed by atoms with Crippen molar-refractivity contribution in [2.45, 2.75) is 12.4 Å². The molecule has 0 radical (unpaired) electrons. The van der Waals surface area contributed by atoms with Crippen molar-refractivity contribution in [1.29, 1.82) is 0 Å². The van der Waals surface area contributed by atoms with Crippen LogP contribution in [0.3, 0.4) is 0 Å². The molecular weight excluding hydrogens is 132 g/mol. The van der Waals surface area contributed by atoms with Gasteiger partial charge in [0.25, 0.3) is 6.36 Å². The Morgan fingerprint density at radius 2 is 2.44 bits per heavy atom. The molecule has 1 N–H and O–H groups in total. The summed E-state index contributed by atoms with van der Waals surface area (Å²) in [5.41, 5.74) is 0. The lowest BCUT2D eigenvalue weighted by atomic mass is 10.3. The summed E-state index contributed by atoms with van der Waals surface area (Å²) in [6, 6.07) is -1.11. The molecule has 1 aliphatic rings. The maximum absolute atomic E-state index is 12.1. The second kappa shape index (κ2) is 2.16. The van der Waals surface area contributed by atoms with E-state index in [2.05, 4.69) is 4.74 Å². The van der Waals surface area contributed by atoms with Gasteiger partial charge in [0.1, 0.15) is 12.7 Å². The quantitative estimate of drug-likeness (QED) is 0.566. The number of hydrogen-bond acceptors (Lipinski definition) is 2. The largest absolute Gasteiger partial charge is 0.413 e. The number of cyclic esters (lactones) is 1. The zero-order valence-corrected chi connectivity index (χ0v) is 4.43. The molecule has 3 nitrogen and oxygen atoms in total. The Kier molecular flexibility index (Phi) is 1.50. The number of hydrogen-bond donors (Lipinski definition) is 1. The van der Waals surface area contributed by atoms with Crippen LogP contribution in [0.1, 0.15) is 0 Å². The highest BCUT2D eigenvalue weighted by Gasteiger charge is 2.33. The second-order valence-corrected chi connectivity index (χ2v) is 1.66. The first kappa shape index (κ1) is 6.25. The highest BCUT2D eigenvalue weighted by molar-refractivity contribution is 5.69. The Balaban J connectivity index is 2.47. The third kappa shape index (κ3) is 1.09. The molecule has 0 bridgehead atoms. The van der Waals surface area contributed by atoms with Gasteiger partial charge in [-0.1, -0.05) is 0 Å². The molecular formula is C4H5F2NO2. The number of nitrogens with one attached hydrogen (secondary N) is 1. The summed E-state index contributed by atoms with van der Waals surface area (Å²) >= 11 is 0. The Hall–Kier alpha value is -0.870. The van der Waals surface area contributed by atoms with Gasteiger partial charge in [-0.15, -0.1) is 0 Å². The zero-order chi connectivity index (χ0) is 6.85. The van der Waals surface area contributed by atoms with Gasteiger partial charge >= 0.3 is 6.09 Å².